The Hall–Kier alpha value is -3.22. The fourth-order valence-electron chi connectivity index (χ4n) is 2.74. The van der Waals surface area contributed by atoms with Gasteiger partial charge in [-0.05, 0) is 42.8 Å². The van der Waals surface area contributed by atoms with E-state index in [1.807, 2.05) is 25.1 Å². The molecule has 1 aliphatic rings. The summed E-state index contributed by atoms with van der Waals surface area (Å²) in [6.45, 7) is 2.92. The molecule has 2 aromatic carbocycles. The second kappa shape index (κ2) is 9.12. The average molecular weight is 385 g/mol. The highest BCUT2D eigenvalue weighted by molar-refractivity contribution is 5.94. The number of esters is 1. The van der Waals surface area contributed by atoms with E-state index in [2.05, 4.69) is 10.1 Å². The zero-order chi connectivity index (χ0) is 19.9. The Morgan fingerprint density at radius 1 is 1.11 bits per heavy atom. The second-order valence-electron chi connectivity index (χ2n) is 6.34. The molecule has 3 rings (SSSR count). The molecule has 0 fully saturated rings. The summed E-state index contributed by atoms with van der Waals surface area (Å²) in [5, 5.41) is 2.96. The van der Waals surface area contributed by atoms with Crippen LogP contribution in [-0.2, 0) is 9.53 Å². The summed E-state index contributed by atoms with van der Waals surface area (Å²) in [5.74, 6) is 1.09. The maximum atomic E-state index is 12.6. The van der Waals surface area contributed by atoms with Gasteiger partial charge in [-0.3, -0.25) is 4.79 Å². The normalized spacial score (nSPS) is 13.8. The first-order valence-electron chi connectivity index (χ1n) is 9.07. The third-order valence-corrected chi connectivity index (χ3v) is 4.30. The molecule has 1 amide bonds. The molecule has 0 radical (unpaired) electrons. The number of hydrogen-bond acceptors (Lipinski definition) is 6. The van der Waals surface area contributed by atoms with Crippen molar-refractivity contribution in [3.63, 3.8) is 0 Å². The quantitative estimate of drug-likeness (QED) is 0.770. The van der Waals surface area contributed by atoms with Crippen molar-refractivity contribution in [2.75, 3.05) is 26.9 Å². The Morgan fingerprint density at radius 2 is 1.89 bits per heavy atom. The maximum Gasteiger partial charge on any atom is 0.343 e. The first kappa shape index (κ1) is 19.5. The van der Waals surface area contributed by atoms with Crippen LogP contribution in [0.15, 0.2) is 42.5 Å². The van der Waals surface area contributed by atoms with E-state index in [0.717, 1.165) is 17.7 Å². The van der Waals surface area contributed by atoms with Crippen molar-refractivity contribution < 1.29 is 28.5 Å². The van der Waals surface area contributed by atoms with E-state index in [-0.39, 0.29) is 18.6 Å². The van der Waals surface area contributed by atoms with Crippen LogP contribution in [0.3, 0.4) is 0 Å². The Kier molecular flexibility index (Phi) is 6.37. The highest BCUT2D eigenvalue weighted by Gasteiger charge is 2.16. The average Bonchev–Trinajstić information content (AvgIpc) is 2.96. The molecule has 0 bridgehead atoms. The third-order valence-electron chi connectivity index (χ3n) is 4.30. The summed E-state index contributed by atoms with van der Waals surface area (Å²) < 4.78 is 21.2. The molecule has 2 aromatic rings. The SMILES string of the molecule is COC(=O)COc1cccc(C(=O)NC(C)c2ccc3c(c2)OCCCO3)c1. The predicted molar refractivity (Wildman–Crippen MR) is 102 cm³/mol. The van der Waals surface area contributed by atoms with Gasteiger partial charge in [0.1, 0.15) is 5.75 Å². The molecule has 7 nitrogen and oxygen atoms in total. The van der Waals surface area contributed by atoms with Crippen molar-refractivity contribution in [1.29, 1.82) is 0 Å². The van der Waals surface area contributed by atoms with Crippen LogP contribution in [0.4, 0.5) is 0 Å². The highest BCUT2D eigenvalue weighted by Crippen LogP contribution is 2.32. The molecule has 7 heteroatoms. The van der Waals surface area contributed by atoms with Crippen LogP contribution >= 0.6 is 0 Å². The number of benzene rings is 2. The van der Waals surface area contributed by atoms with Crippen LogP contribution in [0.5, 0.6) is 17.2 Å². The minimum Gasteiger partial charge on any atom is -0.490 e. The molecule has 28 heavy (non-hydrogen) atoms. The van der Waals surface area contributed by atoms with Crippen molar-refractivity contribution in [1.82, 2.24) is 5.32 Å². The van der Waals surface area contributed by atoms with E-state index in [0.29, 0.717) is 30.3 Å². The van der Waals surface area contributed by atoms with Gasteiger partial charge in [0, 0.05) is 12.0 Å². The Morgan fingerprint density at radius 3 is 2.68 bits per heavy atom. The van der Waals surface area contributed by atoms with Gasteiger partial charge < -0.3 is 24.3 Å². The summed E-state index contributed by atoms with van der Waals surface area (Å²) in [5.41, 5.74) is 1.35. The van der Waals surface area contributed by atoms with Crippen LogP contribution < -0.4 is 19.5 Å². The summed E-state index contributed by atoms with van der Waals surface area (Å²) in [7, 11) is 1.29. The predicted octanol–water partition coefficient (Wildman–Crippen LogP) is 2.89. The van der Waals surface area contributed by atoms with E-state index < -0.39 is 5.97 Å². The first-order chi connectivity index (χ1) is 13.6. The number of ether oxygens (including phenoxy) is 4. The monoisotopic (exact) mass is 385 g/mol. The van der Waals surface area contributed by atoms with Gasteiger partial charge in [-0.1, -0.05) is 12.1 Å². The van der Waals surface area contributed by atoms with Gasteiger partial charge in [0.15, 0.2) is 18.1 Å². The summed E-state index contributed by atoms with van der Waals surface area (Å²) in [6.07, 6.45) is 0.838. The smallest absolute Gasteiger partial charge is 0.343 e. The molecule has 0 aromatic heterocycles. The Balaban J connectivity index is 1.65. The van der Waals surface area contributed by atoms with Crippen molar-refractivity contribution in [2.45, 2.75) is 19.4 Å². The summed E-state index contributed by atoms with van der Waals surface area (Å²) in [6, 6.07) is 12.1. The lowest BCUT2D eigenvalue weighted by atomic mass is 10.1. The molecular formula is C21H23NO6. The number of amides is 1. The molecule has 1 aliphatic heterocycles. The van der Waals surface area contributed by atoms with Crippen LogP contribution in [-0.4, -0.2) is 38.8 Å². The van der Waals surface area contributed by atoms with E-state index in [4.69, 9.17) is 14.2 Å². The number of rotatable bonds is 6. The number of carbonyl (C=O) groups is 2. The fraction of sp³-hybridized carbons (Fsp3) is 0.333. The van der Waals surface area contributed by atoms with Gasteiger partial charge in [-0.25, -0.2) is 4.79 Å². The first-order valence-corrected chi connectivity index (χ1v) is 9.07. The van der Waals surface area contributed by atoms with E-state index in [9.17, 15) is 9.59 Å². The van der Waals surface area contributed by atoms with Gasteiger partial charge >= 0.3 is 5.97 Å². The minimum atomic E-state index is -0.488. The van der Waals surface area contributed by atoms with Crippen LogP contribution in [0.25, 0.3) is 0 Å². The lowest BCUT2D eigenvalue weighted by Crippen LogP contribution is -2.26. The zero-order valence-electron chi connectivity index (χ0n) is 15.9. The van der Waals surface area contributed by atoms with Gasteiger partial charge in [0.25, 0.3) is 5.91 Å². The van der Waals surface area contributed by atoms with Gasteiger partial charge in [0.2, 0.25) is 0 Å². The van der Waals surface area contributed by atoms with Crippen molar-refractivity contribution in [3.05, 3.63) is 53.6 Å². The molecule has 0 spiro atoms. The van der Waals surface area contributed by atoms with E-state index >= 15 is 0 Å². The molecular weight excluding hydrogens is 362 g/mol. The summed E-state index contributed by atoms with van der Waals surface area (Å²) >= 11 is 0. The van der Waals surface area contributed by atoms with Crippen LogP contribution in [0.1, 0.15) is 35.3 Å². The summed E-state index contributed by atoms with van der Waals surface area (Å²) in [4.78, 5) is 23.8. The molecule has 1 N–H and O–H groups in total. The van der Waals surface area contributed by atoms with Crippen LogP contribution in [0, 0.1) is 0 Å². The number of fused-ring (bicyclic) bond motifs is 1. The second-order valence-corrected chi connectivity index (χ2v) is 6.34. The van der Waals surface area contributed by atoms with Crippen molar-refractivity contribution in [3.8, 4) is 17.2 Å². The Bertz CT molecular complexity index is 851. The van der Waals surface area contributed by atoms with E-state index in [1.165, 1.54) is 7.11 Å². The van der Waals surface area contributed by atoms with Crippen molar-refractivity contribution >= 4 is 11.9 Å². The largest absolute Gasteiger partial charge is 0.490 e. The van der Waals surface area contributed by atoms with Crippen LogP contribution in [0.2, 0.25) is 0 Å². The molecule has 1 atom stereocenters. The molecule has 1 heterocycles. The molecule has 0 saturated heterocycles. The molecule has 0 saturated carbocycles. The topological polar surface area (TPSA) is 83.1 Å². The minimum absolute atomic E-state index is 0.213. The molecule has 148 valence electrons. The lowest BCUT2D eigenvalue weighted by molar-refractivity contribution is -0.142. The van der Waals surface area contributed by atoms with Gasteiger partial charge in [-0.15, -0.1) is 0 Å². The number of carbonyl (C=O) groups excluding carboxylic acids is 2. The third kappa shape index (κ3) is 4.94. The number of hydrogen-bond donors (Lipinski definition) is 1. The standard InChI is InChI=1S/C21H23NO6/c1-14(15-7-8-18-19(12-15)27-10-4-9-26-18)22-21(24)16-5-3-6-17(11-16)28-13-20(23)25-2/h3,5-8,11-12,14H,4,9-10,13H2,1-2H3,(H,22,24). The number of methoxy groups -OCH3 is 1. The fourth-order valence-corrected chi connectivity index (χ4v) is 2.74. The molecule has 1 unspecified atom stereocenters. The highest BCUT2D eigenvalue weighted by atomic mass is 16.6. The van der Waals surface area contributed by atoms with Crippen molar-refractivity contribution in [2.24, 2.45) is 0 Å². The maximum absolute atomic E-state index is 12.6. The number of nitrogens with one attached hydrogen (secondary N) is 1. The van der Waals surface area contributed by atoms with Gasteiger partial charge in [-0.2, -0.15) is 0 Å². The molecule has 0 aliphatic carbocycles. The lowest BCUT2D eigenvalue weighted by Gasteiger charge is -2.17. The van der Waals surface area contributed by atoms with Gasteiger partial charge in [0.05, 0.1) is 26.4 Å². The van der Waals surface area contributed by atoms with E-state index in [1.54, 1.807) is 24.3 Å². The zero-order valence-corrected chi connectivity index (χ0v) is 15.9. The Labute approximate surface area is 163 Å².